The molecule has 76 valence electrons. The first-order valence-electron chi connectivity index (χ1n) is 4.18. The van der Waals surface area contributed by atoms with Crippen molar-refractivity contribution in [1.82, 2.24) is 4.98 Å². The van der Waals surface area contributed by atoms with Crippen LogP contribution >= 0.6 is 27.5 Å². The van der Waals surface area contributed by atoms with Crippen molar-refractivity contribution in [1.29, 1.82) is 0 Å². The van der Waals surface area contributed by atoms with Gasteiger partial charge in [0.2, 0.25) is 0 Å². The summed E-state index contributed by atoms with van der Waals surface area (Å²) in [6.07, 6.45) is 1.57. The number of Topliss-reactive ketones (excluding diaryl/α,β-unsaturated/α-hetero) is 1. The molecule has 0 fully saturated rings. The second kappa shape index (κ2) is 3.99. The van der Waals surface area contributed by atoms with E-state index >= 15 is 0 Å². The molecule has 0 aliphatic heterocycles. The summed E-state index contributed by atoms with van der Waals surface area (Å²) < 4.78 is 0.759. The predicted octanol–water partition coefficient (Wildman–Crippen LogP) is 3.73. The smallest absolute Gasteiger partial charge is 0.171 e. The van der Waals surface area contributed by atoms with Gasteiger partial charge >= 0.3 is 0 Å². The van der Waals surface area contributed by atoms with Crippen molar-refractivity contribution in [2.75, 3.05) is 0 Å². The largest absolute Gasteiger partial charge is 0.293 e. The second-order valence-electron chi connectivity index (χ2n) is 4.07. The summed E-state index contributed by atoms with van der Waals surface area (Å²) in [6.45, 7) is 5.56. The molecule has 0 saturated carbocycles. The highest BCUT2D eigenvalue weighted by Crippen LogP contribution is 2.26. The number of hydrogen-bond donors (Lipinski definition) is 0. The van der Waals surface area contributed by atoms with Gasteiger partial charge in [-0.15, -0.1) is 0 Å². The van der Waals surface area contributed by atoms with E-state index in [4.69, 9.17) is 11.6 Å². The predicted molar refractivity (Wildman–Crippen MR) is 60.7 cm³/mol. The molecule has 0 atom stereocenters. The first-order chi connectivity index (χ1) is 6.32. The van der Waals surface area contributed by atoms with Crippen LogP contribution in [0.1, 0.15) is 31.1 Å². The van der Waals surface area contributed by atoms with E-state index < -0.39 is 5.41 Å². The summed E-state index contributed by atoms with van der Waals surface area (Å²) in [5.41, 5.74) is 0.0279. The highest BCUT2D eigenvalue weighted by molar-refractivity contribution is 9.10. The van der Waals surface area contributed by atoms with Gasteiger partial charge in [-0.1, -0.05) is 32.4 Å². The van der Waals surface area contributed by atoms with Crippen LogP contribution in [0.3, 0.4) is 0 Å². The van der Waals surface area contributed by atoms with Gasteiger partial charge in [0, 0.05) is 16.1 Å². The van der Waals surface area contributed by atoms with Crippen LogP contribution in [-0.2, 0) is 0 Å². The lowest BCUT2D eigenvalue weighted by molar-refractivity contribution is 0.0858. The van der Waals surface area contributed by atoms with Gasteiger partial charge in [-0.2, -0.15) is 0 Å². The van der Waals surface area contributed by atoms with Crippen LogP contribution in [0.15, 0.2) is 16.7 Å². The number of carbonyl (C=O) groups excluding carboxylic acids is 1. The van der Waals surface area contributed by atoms with Crippen molar-refractivity contribution in [3.05, 3.63) is 27.5 Å². The normalized spacial score (nSPS) is 11.5. The summed E-state index contributed by atoms with van der Waals surface area (Å²) in [7, 11) is 0. The maximum Gasteiger partial charge on any atom is 0.171 e. The molecule has 1 heterocycles. The first kappa shape index (κ1) is 11.7. The minimum atomic E-state index is -0.438. The Balaban J connectivity index is 3.19. The number of hydrogen-bond acceptors (Lipinski definition) is 2. The van der Waals surface area contributed by atoms with Gasteiger partial charge in [0.1, 0.15) is 5.15 Å². The lowest BCUT2D eigenvalue weighted by Gasteiger charge is -2.17. The Morgan fingerprint density at radius 1 is 1.50 bits per heavy atom. The van der Waals surface area contributed by atoms with Crippen LogP contribution in [0, 0.1) is 5.41 Å². The van der Waals surface area contributed by atoms with Crippen molar-refractivity contribution < 1.29 is 4.79 Å². The Morgan fingerprint density at radius 3 is 2.57 bits per heavy atom. The van der Waals surface area contributed by atoms with E-state index in [1.807, 2.05) is 20.8 Å². The molecule has 0 aliphatic carbocycles. The van der Waals surface area contributed by atoms with E-state index in [-0.39, 0.29) is 10.9 Å². The molecule has 4 heteroatoms. The molecule has 0 aromatic carbocycles. The zero-order chi connectivity index (χ0) is 10.9. The number of aromatic nitrogens is 1. The highest BCUT2D eigenvalue weighted by Gasteiger charge is 2.25. The van der Waals surface area contributed by atoms with Crippen molar-refractivity contribution >= 4 is 33.3 Å². The SMILES string of the molecule is CC(C)(C)C(=O)c1cc(Br)cnc1Cl. The maximum atomic E-state index is 11.9. The lowest BCUT2D eigenvalue weighted by atomic mass is 9.87. The molecule has 1 aromatic heterocycles. The molecule has 0 amide bonds. The van der Waals surface area contributed by atoms with Gasteiger partial charge in [0.25, 0.3) is 0 Å². The van der Waals surface area contributed by atoms with Crippen LogP contribution < -0.4 is 0 Å². The molecule has 0 radical (unpaired) electrons. The molecule has 2 nitrogen and oxygen atoms in total. The van der Waals surface area contributed by atoms with Crippen LogP contribution in [0.25, 0.3) is 0 Å². The van der Waals surface area contributed by atoms with Gasteiger partial charge < -0.3 is 0 Å². The van der Waals surface area contributed by atoms with Gasteiger partial charge in [-0.3, -0.25) is 4.79 Å². The van der Waals surface area contributed by atoms with Crippen LogP contribution in [0.2, 0.25) is 5.15 Å². The van der Waals surface area contributed by atoms with Crippen molar-refractivity contribution in [3.8, 4) is 0 Å². The average Bonchev–Trinajstić information content (AvgIpc) is 2.06. The van der Waals surface area contributed by atoms with E-state index in [9.17, 15) is 4.79 Å². The molecular weight excluding hydrogens is 265 g/mol. The van der Waals surface area contributed by atoms with Gasteiger partial charge in [-0.05, 0) is 22.0 Å². The fraction of sp³-hybridized carbons (Fsp3) is 0.400. The number of rotatable bonds is 1. The number of nitrogens with zero attached hydrogens (tertiary/aromatic N) is 1. The maximum absolute atomic E-state index is 11.9. The van der Waals surface area contributed by atoms with Crippen molar-refractivity contribution in [3.63, 3.8) is 0 Å². The molecule has 0 unspecified atom stereocenters. The third kappa shape index (κ3) is 2.55. The van der Waals surface area contributed by atoms with Crippen LogP contribution in [0.4, 0.5) is 0 Å². The summed E-state index contributed by atoms with van der Waals surface area (Å²) in [5.74, 6) is -0.00343. The molecule has 1 aromatic rings. The van der Waals surface area contributed by atoms with Gasteiger partial charge in [-0.25, -0.2) is 4.98 Å². The lowest BCUT2D eigenvalue weighted by Crippen LogP contribution is -2.20. The monoisotopic (exact) mass is 275 g/mol. The van der Waals surface area contributed by atoms with Gasteiger partial charge in [0.15, 0.2) is 5.78 Å². The first-order valence-corrected chi connectivity index (χ1v) is 5.35. The highest BCUT2D eigenvalue weighted by atomic mass is 79.9. The number of carbonyl (C=O) groups is 1. The minimum absolute atomic E-state index is 0.00343. The third-order valence-corrected chi connectivity index (χ3v) is 2.47. The van der Waals surface area contributed by atoms with E-state index in [0.29, 0.717) is 5.56 Å². The Labute approximate surface area is 96.8 Å². The van der Waals surface area contributed by atoms with Crippen LogP contribution in [0.5, 0.6) is 0 Å². The van der Waals surface area contributed by atoms with Crippen molar-refractivity contribution in [2.24, 2.45) is 5.41 Å². The standard InChI is InChI=1S/C10H11BrClNO/c1-10(2,3)8(14)7-4-6(11)5-13-9(7)12/h4-5H,1-3H3. The molecule has 14 heavy (non-hydrogen) atoms. The zero-order valence-electron chi connectivity index (χ0n) is 8.27. The van der Waals surface area contributed by atoms with Crippen LogP contribution in [-0.4, -0.2) is 10.8 Å². The minimum Gasteiger partial charge on any atom is -0.293 e. The molecule has 0 saturated heterocycles. The molecule has 0 aliphatic rings. The zero-order valence-corrected chi connectivity index (χ0v) is 10.6. The molecule has 0 bridgehead atoms. The van der Waals surface area contributed by atoms with Crippen molar-refractivity contribution in [2.45, 2.75) is 20.8 Å². The fourth-order valence-electron chi connectivity index (χ4n) is 0.986. The Kier molecular flexibility index (Phi) is 3.32. The van der Waals surface area contributed by atoms with Gasteiger partial charge in [0.05, 0.1) is 5.56 Å². The summed E-state index contributed by atoms with van der Waals surface area (Å²) >= 11 is 9.10. The molecular formula is C10H11BrClNO. The number of ketones is 1. The molecule has 0 spiro atoms. The van der Waals surface area contributed by atoms with E-state index in [1.165, 1.54) is 0 Å². The molecule has 1 rings (SSSR count). The number of halogens is 2. The second-order valence-corrected chi connectivity index (χ2v) is 5.34. The summed E-state index contributed by atoms with van der Waals surface area (Å²) in [4.78, 5) is 15.8. The average molecular weight is 277 g/mol. The van der Waals surface area contributed by atoms with E-state index in [2.05, 4.69) is 20.9 Å². The summed E-state index contributed by atoms with van der Waals surface area (Å²) in [6, 6.07) is 1.70. The summed E-state index contributed by atoms with van der Waals surface area (Å²) in [5, 5.41) is 0.258. The van der Waals surface area contributed by atoms with E-state index in [0.717, 1.165) is 4.47 Å². The topological polar surface area (TPSA) is 30.0 Å². The quantitative estimate of drug-likeness (QED) is 0.578. The molecule has 0 N–H and O–H groups in total. The fourth-order valence-corrected chi connectivity index (χ4v) is 1.51. The Hall–Kier alpha value is -0.410. The Morgan fingerprint density at radius 2 is 2.07 bits per heavy atom. The third-order valence-electron chi connectivity index (χ3n) is 1.73. The number of pyridine rings is 1. The Bertz CT molecular complexity index is 371. The van der Waals surface area contributed by atoms with E-state index in [1.54, 1.807) is 12.3 Å².